The van der Waals surface area contributed by atoms with Gasteiger partial charge in [0.1, 0.15) is 0 Å². The molecule has 1 atom stereocenters. The molecule has 0 saturated carbocycles. The second kappa shape index (κ2) is 6.72. The Hall–Kier alpha value is 0.120. The monoisotopic (exact) mass is 466 g/mol. The highest BCUT2D eigenvalue weighted by atomic mass is 79.9. The van der Waals surface area contributed by atoms with Crippen LogP contribution in [0.2, 0.25) is 0 Å². The highest BCUT2D eigenvalue weighted by Crippen LogP contribution is 2.37. The van der Waals surface area contributed by atoms with Gasteiger partial charge >= 0.3 is 0 Å². The summed E-state index contributed by atoms with van der Waals surface area (Å²) in [5.74, 6) is 0. The van der Waals surface area contributed by atoms with Gasteiger partial charge in [-0.1, -0.05) is 6.07 Å². The number of hydrogen-bond acceptors (Lipinski definition) is 3. The molecule has 0 radical (unpaired) electrons. The maximum atomic E-state index is 5.90. The molecule has 1 aromatic carbocycles. The minimum absolute atomic E-state index is 0.102. The summed E-state index contributed by atoms with van der Waals surface area (Å²) in [7, 11) is 0. The molecule has 102 valence electrons. The fourth-order valence-electron chi connectivity index (χ4n) is 1.72. The summed E-state index contributed by atoms with van der Waals surface area (Å²) in [6.07, 6.45) is 0. The van der Waals surface area contributed by atoms with Gasteiger partial charge in [-0.3, -0.25) is 0 Å². The number of hydrogen-bond donors (Lipinski definition) is 2. The minimum atomic E-state index is 0.102. The first-order valence-corrected chi connectivity index (χ1v) is 8.88. The van der Waals surface area contributed by atoms with Crippen molar-refractivity contribution >= 4 is 64.8 Å². The fraction of sp³-hybridized carbons (Fsp3) is 0.231. The van der Waals surface area contributed by atoms with Crippen LogP contribution in [-0.4, -0.2) is 6.54 Å². The van der Waals surface area contributed by atoms with Gasteiger partial charge < -0.3 is 11.1 Å². The van der Waals surface area contributed by atoms with Gasteiger partial charge in [0.25, 0.3) is 0 Å². The van der Waals surface area contributed by atoms with E-state index in [-0.39, 0.29) is 6.04 Å². The van der Waals surface area contributed by atoms with E-state index in [1.165, 1.54) is 10.4 Å². The Balaban J connectivity index is 2.26. The fourth-order valence-corrected chi connectivity index (χ4v) is 4.23. The average Bonchev–Trinajstić information content (AvgIpc) is 2.70. The molecule has 0 aliphatic heterocycles. The zero-order chi connectivity index (χ0) is 14.0. The maximum Gasteiger partial charge on any atom is 0.0844 e. The van der Waals surface area contributed by atoms with E-state index < -0.39 is 0 Å². The van der Waals surface area contributed by atoms with Gasteiger partial charge in [0.2, 0.25) is 0 Å². The lowest BCUT2D eigenvalue weighted by atomic mass is 10.2. The summed E-state index contributed by atoms with van der Waals surface area (Å²) < 4.78 is 3.20. The lowest BCUT2D eigenvalue weighted by Gasteiger charge is -2.18. The van der Waals surface area contributed by atoms with E-state index in [1.807, 2.05) is 6.07 Å². The maximum absolute atomic E-state index is 5.90. The summed E-state index contributed by atoms with van der Waals surface area (Å²) in [5, 5.41) is 3.49. The average molecular weight is 469 g/mol. The predicted molar refractivity (Wildman–Crippen MR) is 94.0 cm³/mol. The van der Waals surface area contributed by atoms with Gasteiger partial charge in [0.05, 0.1) is 9.83 Å². The van der Waals surface area contributed by atoms with E-state index in [2.05, 4.69) is 78.2 Å². The van der Waals surface area contributed by atoms with E-state index >= 15 is 0 Å². The van der Waals surface area contributed by atoms with Crippen LogP contribution in [0, 0.1) is 6.92 Å². The Kier molecular flexibility index (Phi) is 5.48. The van der Waals surface area contributed by atoms with Crippen LogP contribution >= 0.6 is 59.1 Å². The van der Waals surface area contributed by atoms with Gasteiger partial charge in [-0.15, -0.1) is 11.3 Å². The summed E-state index contributed by atoms with van der Waals surface area (Å²) in [5.41, 5.74) is 8.18. The number of thiophene rings is 1. The van der Waals surface area contributed by atoms with Crippen molar-refractivity contribution in [3.8, 4) is 0 Å². The van der Waals surface area contributed by atoms with Crippen LogP contribution in [-0.2, 0) is 0 Å². The largest absolute Gasteiger partial charge is 0.375 e. The van der Waals surface area contributed by atoms with E-state index in [9.17, 15) is 0 Å². The molecule has 1 unspecified atom stereocenters. The molecule has 0 amide bonds. The smallest absolute Gasteiger partial charge is 0.0844 e. The molecule has 0 spiro atoms. The van der Waals surface area contributed by atoms with E-state index in [4.69, 9.17) is 5.73 Å². The first-order valence-electron chi connectivity index (χ1n) is 5.68. The Morgan fingerprint density at radius 3 is 2.53 bits per heavy atom. The van der Waals surface area contributed by atoms with Gasteiger partial charge in [-0.25, -0.2) is 0 Å². The third kappa shape index (κ3) is 3.82. The third-order valence-corrected chi connectivity index (χ3v) is 6.76. The normalized spacial score (nSPS) is 12.5. The van der Waals surface area contributed by atoms with Crippen LogP contribution in [0.3, 0.4) is 0 Å². The van der Waals surface area contributed by atoms with Gasteiger partial charge in [-0.2, -0.15) is 0 Å². The van der Waals surface area contributed by atoms with Crippen LogP contribution < -0.4 is 11.1 Å². The highest BCUT2D eigenvalue weighted by Gasteiger charge is 2.15. The van der Waals surface area contributed by atoms with Crippen LogP contribution in [0.5, 0.6) is 0 Å². The molecular weight excluding hydrogens is 456 g/mol. The van der Waals surface area contributed by atoms with Crippen molar-refractivity contribution in [1.82, 2.24) is 0 Å². The van der Waals surface area contributed by atoms with Crippen molar-refractivity contribution in [2.24, 2.45) is 5.73 Å². The lowest BCUT2D eigenvalue weighted by molar-refractivity contribution is 0.804. The Labute approximate surface area is 142 Å². The molecule has 3 N–H and O–H groups in total. The van der Waals surface area contributed by atoms with Crippen molar-refractivity contribution in [2.75, 3.05) is 11.9 Å². The molecule has 0 aliphatic rings. The molecule has 1 heterocycles. The molecule has 2 aromatic rings. The van der Waals surface area contributed by atoms with E-state index in [0.29, 0.717) is 6.54 Å². The molecule has 0 fully saturated rings. The summed E-state index contributed by atoms with van der Waals surface area (Å²) >= 11 is 12.3. The molecule has 0 bridgehead atoms. The first kappa shape index (κ1) is 15.5. The SMILES string of the molecule is Cc1ccc(Br)c(NC(CN)c2cc(Br)c(Br)s2)c1. The van der Waals surface area contributed by atoms with Crippen molar-refractivity contribution in [3.05, 3.63) is 47.4 Å². The Bertz CT molecular complexity index is 564. The summed E-state index contributed by atoms with van der Waals surface area (Å²) in [6.45, 7) is 2.62. The second-order valence-electron chi connectivity index (χ2n) is 4.19. The Morgan fingerprint density at radius 2 is 1.95 bits per heavy atom. The summed E-state index contributed by atoms with van der Waals surface area (Å²) in [4.78, 5) is 1.20. The van der Waals surface area contributed by atoms with Gasteiger partial charge in [-0.05, 0) is 78.5 Å². The molecule has 6 heteroatoms. The number of aryl methyl sites for hydroxylation is 1. The lowest BCUT2D eigenvalue weighted by Crippen LogP contribution is -2.19. The van der Waals surface area contributed by atoms with Crippen molar-refractivity contribution in [1.29, 1.82) is 0 Å². The summed E-state index contributed by atoms with van der Waals surface area (Å²) in [6, 6.07) is 8.44. The molecule has 0 aliphatic carbocycles. The Morgan fingerprint density at radius 1 is 1.21 bits per heavy atom. The molecular formula is C13H13Br3N2S. The molecule has 19 heavy (non-hydrogen) atoms. The molecule has 0 saturated heterocycles. The number of rotatable bonds is 4. The van der Waals surface area contributed by atoms with Crippen LogP contribution in [0.4, 0.5) is 5.69 Å². The van der Waals surface area contributed by atoms with Gasteiger partial charge in [0, 0.05) is 26.1 Å². The quantitative estimate of drug-likeness (QED) is 0.625. The number of nitrogens with two attached hydrogens (primary N) is 1. The molecule has 2 nitrogen and oxygen atoms in total. The molecule has 1 aromatic heterocycles. The van der Waals surface area contributed by atoms with Crippen LogP contribution in [0.15, 0.2) is 37.0 Å². The molecule has 2 rings (SSSR count). The topological polar surface area (TPSA) is 38.0 Å². The number of anilines is 1. The van der Waals surface area contributed by atoms with E-state index in [0.717, 1.165) is 18.4 Å². The minimum Gasteiger partial charge on any atom is -0.375 e. The third-order valence-electron chi connectivity index (χ3n) is 2.69. The van der Waals surface area contributed by atoms with Crippen LogP contribution in [0.1, 0.15) is 16.5 Å². The second-order valence-corrected chi connectivity index (χ2v) is 8.30. The zero-order valence-electron chi connectivity index (χ0n) is 10.2. The zero-order valence-corrected chi connectivity index (χ0v) is 15.8. The van der Waals surface area contributed by atoms with E-state index in [1.54, 1.807) is 11.3 Å². The highest BCUT2D eigenvalue weighted by molar-refractivity contribution is 9.13. The standard InChI is InChI=1S/C13H13Br3N2S/c1-7-2-3-8(14)10(4-7)18-11(6-17)12-5-9(15)13(16)19-12/h2-5,11,18H,6,17H2,1H3. The van der Waals surface area contributed by atoms with Crippen LogP contribution in [0.25, 0.3) is 0 Å². The number of benzene rings is 1. The first-order chi connectivity index (χ1) is 9.01. The number of nitrogens with one attached hydrogen (secondary N) is 1. The van der Waals surface area contributed by atoms with Crippen molar-refractivity contribution in [2.45, 2.75) is 13.0 Å². The van der Waals surface area contributed by atoms with Gasteiger partial charge in [0.15, 0.2) is 0 Å². The van der Waals surface area contributed by atoms with Crippen molar-refractivity contribution in [3.63, 3.8) is 0 Å². The predicted octanol–water partition coefficient (Wildman–Crippen LogP) is 5.46. The number of halogens is 3. The van der Waals surface area contributed by atoms with Crippen molar-refractivity contribution < 1.29 is 0 Å².